The average molecular weight is 402 g/mol. The standard InChI is InChI=1S/C25H27N3O2/c1-20(29)21-9-11-23(12-10-21)26-15-17-28(18-16-26)25(30)19-24(27-13-5-6-14-27)22-7-3-2-4-8-22/h2-14,24H,15-19H2,1H3. The van der Waals surface area contributed by atoms with Gasteiger partial charge in [-0.15, -0.1) is 0 Å². The van der Waals surface area contributed by atoms with Gasteiger partial charge in [-0.05, 0) is 48.9 Å². The summed E-state index contributed by atoms with van der Waals surface area (Å²) in [6, 6.07) is 21.9. The van der Waals surface area contributed by atoms with E-state index in [9.17, 15) is 9.59 Å². The first-order chi connectivity index (χ1) is 14.6. The number of anilines is 1. The summed E-state index contributed by atoms with van der Waals surface area (Å²) in [5.41, 5.74) is 2.97. The third-order valence-electron chi connectivity index (χ3n) is 5.81. The number of hydrogen-bond donors (Lipinski definition) is 0. The van der Waals surface area contributed by atoms with Crippen molar-refractivity contribution in [1.29, 1.82) is 0 Å². The van der Waals surface area contributed by atoms with E-state index in [1.165, 1.54) is 0 Å². The van der Waals surface area contributed by atoms with Crippen LogP contribution < -0.4 is 4.90 Å². The van der Waals surface area contributed by atoms with E-state index in [-0.39, 0.29) is 17.7 Å². The molecule has 0 saturated carbocycles. The Morgan fingerprint density at radius 3 is 2.07 bits per heavy atom. The number of piperazine rings is 1. The first kappa shape index (κ1) is 20.0. The molecule has 5 nitrogen and oxygen atoms in total. The van der Waals surface area contributed by atoms with Gasteiger partial charge in [-0.3, -0.25) is 9.59 Å². The Morgan fingerprint density at radius 1 is 0.833 bits per heavy atom. The smallest absolute Gasteiger partial charge is 0.225 e. The number of benzene rings is 2. The zero-order chi connectivity index (χ0) is 20.9. The highest BCUT2D eigenvalue weighted by molar-refractivity contribution is 5.94. The van der Waals surface area contributed by atoms with Crippen molar-refractivity contribution in [1.82, 2.24) is 9.47 Å². The molecule has 0 bridgehead atoms. The molecule has 1 aliphatic heterocycles. The van der Waals surface area contributed by atoms with E-state index in [1.54, 1.807) is 6.92 Å². The minimum atomic E-state index is 0.00542. The van der Waals surface area contributed by atoms with E-state index < -0.39 is 0 Å². The van der Waals surface area contributed by atoms with Gasteiger partial charge >= 0.3 is 0 Å². The van der Waals surface area contributed by atoms with Crippen molar-refractivity contribution in [2.75, 3.05) is 31.1 Å². The van der Waals surface area contributed by atoms with Gasteiger partial charge in [0.1, 0.15) is 0 Å². The van der Waals surface area contributed by atoms with Crippen molar-refractivity contribution in [2.45, 2.75) is 19.4 Å². The first-order valence-electron chi connectivity index (χ1n) is 10.4. The summed E-state index contributed by atoms with van der Waals surface area (Å²) in [5.74, 6) is 0.261. The minimum absolute atomic E-state index is 0.00542. The van der Waals surface area contributed by atoms with Crippen LogP contribution in [-0.4, -0.2) is 47.3 Å². The molecule has 0 spiro atoms. The second-order valence-corrected chi connectivity index (χ2v) is 7.73. The molecule has 30 heavy (non-hydrogen) atoms. The van der Waals surface area contributed by atoms with Crippen LogP contribution in [0.5, 0.6) is 0 Å². The topological polar surface area (TPSA) is 45.6 Å². The van der Waals surface area contributed by atoms with Crippen molar-refractivity contribution in [3.05, 3.63) is 90.3 Å². The highest BCUT2D eigenvalue weighted by Crippen LogP contribution is 2.24. The molecule has 2 aromatic carbocycles. The highest BCUT2D eigenvalue weighted by Gasteiger charge is 2.25. The van der Waals surface area contributed by atoms with Crippen molar-refractivity contribution in [3.8, 4) is 0 Å². The molecule has 1 amide bonds. The van der Waals surface area contributed by atoms with Gasteiger partial charge < -0.3 is 14.4 Å². The Bertz CT molecular complexity index is 973. The van der Waals surface area contributed by atoms with Gasteiger partial charge in [-0.2, -0.15) is 0 Å². The fraction of sp³-hybridized carbons (Fsp3) is 0.280. The Hall–Kier alpha value is -3.34. The highest BCUT2D eigenvalue weighted by atomic mass is 16.2. The molecule has 1 atom stereocenters. The monoisotopic (exact) mass is 401 g/mol. The Balaban J connectivity index is 1.39. The van der Waals surface area contributed by atoms with Crippen LogP contribution >= 0.6 is 0 Å². The largest absolute Gasteiger partial charge is 0.368 e. The van der Waals surface area contributed by atoms with Gasteiger partial charge in [0.2, 0.25) is 5.91 Å². The van der Waals surface area contributed by atoms with E-state index in [0.29, 0.717) is 19.5 Å². The summed E-state index contributed by atoms with van der Waals surface area (Å²) in [6.45, 7) is 4.59. The van der Waals surface area contributed by atoms with Crippen LogP contribution in [0, 0.1) is 0 Å². The fourth-order valence-electron chi connectivity index (χ4n) is 4.04. The molecule has 0 N–H and O–H groups in total. The molecule has 3 aromatic rings. The number of hydrogen-bond acceptors (Lipinski definition) is 3. The molecule has 154 valence electrons. The number of Topliss-reactive ketones (excluding diaryl/α,β-unsaturated/α-hetero) is 1. The first-order valence-corrected chi connectivity index (χ1v) is 10.4. The molecule has 5 heteroatoms. The number of aromatic nitrogens is 1. The number of nitrogens with zero attached hydrogens (tertiary/aromatic N) is 3. The summed E-state index contributed by atoms with van der Waals surface area (Å²) in [6.07, 6.45) is 4.49. The molecule has 1 aliphatic rings. The second kappa shape index (κ2) is 8.99. The predicted molar refractivity (Wildman–Crippen MR) is 119 cm³/mol. The van der Waals surface area contributed by atoms with Crippen LogP contribution in [0.3, 0.4) is 0 Å². The van der Waals surface area contributed by atoms with Gasteiger partial charge in [0.15, 0.2) is 5.78 Å². The molecule has 1 fully saturated rings. The molecular formula is C25H27N3O2. The summed E-state index contributed by atoms with van der Waals surface area (Å²) in [4.78, 5) is 28.8. The van der Waals surface area contributed by atoms with Crippen molar-refractivity contribution >= 4 is 17.4 Å². The van der Waals surface area contributed by atoms with Crippen LogP contribution in [0.15, 0.2) is 79.1 Å². The summed E-state index contributed by atoms with van der Waals surface area (Å²) in [7, 11) is 0. The third-order valence-corrected chi connectivity index (χ3v) is 5.81. The SMILES string of the molecule is CC(=O)c1ccc(N2CCN(C(=O)CC(c3ccccc3)n3cccc3)CC2)cc1. The van der Waals surface area contributed by atoms with Crippen LogP contribution in [0.1, 0.15) is 35.3 Å². The van der Waals surface area contributed by atoms with Gasteiger partial charge in [-0.25, -0.2) is 0 Å². The van der Waals surface area contributed by atoms with Gasteiger partial charge in [-0.1, -0.05) is 30.3 Å². The molecule has 0 radical (unpaired) electrons. The van der Waals surface area contributed by atoms with E-state index in [0.717, 1.165) is 29.9 Å². The van der Waals surface area contributed by atoms with Crippen LogP contribution in [-0.2, 0) is 4.79 Å². The summed E-state index contributed by atoms with van der Waals surface area (Å²) < 4.78 is 2.11. The Labute approximate surface area is 177 Å². The number of carbonyl (C=O) groups excluding carboxylic acids is 2. The number of ketones is 1. The molecule has 2 heterocycles. The Morgan fingerprint density at radius 2 is 1.47 bits per heavy atom. The van der Waals surface area contributed by atoms with E-state index in [2.05, 4.69) is 21.6 Å². The number of amides is 1. The molecular weight excluding hydrogens is 374 g/mol. The van der Waals surface area contributed by atoms with Crippen molar-refractivity contribution in [2.24, 2.45) is 0 Å². The molecule has 1 aromatic heterocycles. The van der Waals surface area contributed by atoms with Gasteiger partial charge in [0.25, 0.3) is 0 Å². The third kappa shape index (κ3) is 4.46. The number of rotatable bonds is 6. The minimum Gasteiger partial charge on any atom is -0.368 e. The van der Waals surface area contributed by atoms with E-state index >= 15 is 0 Å². The van der Waals surface area contributed by atoms with Crippen molar-refractivity contribution < 1.29 is 9.59 Å². The van der Waals surface area contributed by atoms with Gasteiger partial charge in [0.05, 0.1) is 12.5 Å². The Kier molecular flexibility index (Phi) is 5.98. The van der Waals surface area contributed by atoms with Crippen LogP contribution in [0.25, 0.3) is 0 Å². The molecule has 0 aliphatic carbocycles. The van der Waals surface area contributed by atoms with Crippen molar-refractivity contribution in [3.63, 3.8) is 0 Å². The predicted octanol–water partition coefficient (Wildman–Crippen LogP) is 4.02. The second-order valence-electron chi connectivity index (χ2n) is 7.73. The van der Waals surface area contributed by atoms with Crippen LogP contribution in [0.2, 0.25) is 0 Å². The zero-order valence-electron chi connectivity index (χ0n) is 17.3. The lowest BCUT2D eigenvalue weighted by Crippen LogP contribution is -2.49. The lowest BCUT2D eigenvalue weighted by Gasteiger charge is -2.37. The quantitative estimate of drug-likeness (QED) is 0.586. The van der Waals surface area contributed by atoms with Gasteiger partial charge in [0, 0.05) is 49.8 Å². The van der Waals surface area contributed by atoms with E-state index in [4.69, 9.17) is 0 Å². The van der Waals surface area contributed by atoms with E-state index in [1.807, 2.05) is 71.9 Å². The number of carbonyl (C=O) groups is 2. The molecule has 1 saturated heterocycles. The fourth-order valence-corrected chi connectivity index (χ4v) is 4.04. The average Bonchev–Trinajstić information content (AvgIpc) is 3.33. The van der Waals surface area contributed by atoms with Crippen LogP contribution in [0.4, 0.5) is 5.69 Å². The maximum Gasteiger partial charge on any atom is 0.225 e. The maximum absolute atomic E-state index is 13.1. The summed E-state index contributed by atoms with van der Waals surface area (Å²) in [5, 5.41) is 0. The molecule has 1 unspecified atom stereocenters. The molecule has 4 rings (SSSR count). The lowest BCUT2D eigenvalue weighted by atomic mass is 10.0. The lowest BCUT2D eigenvalue weighted by molar-refractivity contribution is -0.132. The normalized spacial score (nSPS) is 15.1. The zero-order valence-corrected chi connectivity index (χ0v) is 17.3. The maximum atomic E-state index is 13.1. The summed E-state index contributed by atoms with van der Waals surface area (Å²) >= 11 is 0.